The Morgan fingerprint density at radius 1 is 1.39 bits per heavy atom. The highest BCUT2D eigenvalue weighted by Gasteiger charge is 2.28. The lowest BCUT2D eigenvalue weighted by atomic mass is 10.1. The molecule has 1 N–H and O–H groups in total. The van der Waals surface area contributed by atoms with Gasteiger partial charge in [0.15, 0.2) is 0 Å². The van der Waals surface area contributed by atoms with Crippen molar-refractivity contribution in [3.63, 3.8) is 0 Å². The Balaban J connectivity index is 1.42. The first-order valence-electron chi connectivity index (χ1n) is 9.87. The third kappa shape index (κ3) is 4.56. The molecule has 0 aliphatic carbocycles. The highest BCUT2D eigenvalue weighted by atomic mass is 35.5. The zero-order chi connectivity index (χ0) is 21.8. The second-order valence-electron chi connectivity index (χ2n) is 7.13. The number of nitrogens with one attached hydrogen (secondary N) is 1. The maximum atomic E-state index is 13.0. The summed E-state index contributed by atoms with van der Waals surface area (Å²) in [4.78, 5) is 35.8. The fourth-order valence-corrected chi connectivity index (χ4v) is 3.83. The molecule has 2 aliphatic heterocycles. The van der Waals surface area contributed by atoms with Crippen molar-refractivity contribution in [1.82, 2.24) is 14.9 Å². The van der Waals surface area contributed by atoms with E-state index in [4.69, 9.17) is 21.1 Å². The molecule has 9 nitrogen and oxygen atoms in total. The van der Waals surface area contributed by atoms with Gasteiger partial charge in [0.05, 0.1) is 25.5 Å². The van der Waals surface area contributed by atoms with Crippen LogP contribution in [0.15, 0.2) is 36.7 Å². The van der Waals surface area contributed by atoms with Crippen LogP contribution in [0.5, 0.6) is 11.6 Å². The number of halogens is 1. The third-order valence-corrected chi connectivity index (χ3v) is 5.42. The third-order valence-electron chi connectivity index (χ3n) is 5.16. The minimum Gasteiger partial charge on any atom is -0.490 e. The van der Waals surface area contributed by atoms with Crippen LogP contribution in [-0.2, 0) is 4.79 Å². The van der Waals surface area contributed by atoms with E-state index < -0.39 is 0 Å². The number of benzene rings is 1. The van der Waals surface area contributed by atoms with Gasteiger partial charge in [-0.25, -0.2) is 4.98 Å². The lowest BCUT2D eigenvalue weighted by Gasteiger charge is -2.28. The summed E-state index contributed by atoms with van der Waals surface area (Å²) < 4.78 is 10.9. The van der Waals surface area contributed by atoms with Crippen molar-refractivity contribution in [1.29, 1.82) is 0 Å². The van der Waals surface area contributed by atoms with Gasteiger partial charge < -0.3 is 24.6 Å². The molecule has 2 aliphatic rings. The van der Waals surface area contributed by atoms with Crippen molar-refractivity contribution >= 4 is 35.4 Å². The van der Waals surface area contributed by atoms with Crippen LogP contribution in [0.2, 0.25) is 5.02 Å². The van der Waals surface area contributed by atoms with E-state index in [0.717, 1.165) is 18.4 Å². The number of likely N-dealkylation sites (tertiary alicyclic amines) is 1. The molecule has 0 spiro atoms. The van der Waals surface area contributed by atoms with Gasteiger partial charge in [0.1, 0.15) is 23.7 Å². The summed E-state index contributed by atoms with van der Waals surface area (Å²) in [5, 5.41) is 3.57. The Labute approximate surface area is 184 Å². The molecule has 1 aromatic heterocycles. The van der Waals surface area contributed by atoms with Crippen LogP contribution in [-0.4, -0.2) is 66.5 Å². The molecule has 1 saturated heterocycles. The smallest absolute Gasteiger partial charge is 0.254 e. The molecular formula is C21H22ClN5O4. The molecule has 31 heavy (non-hydrogen) atoms. The van der Waals surface area contributed by atoms with Gasteiger partial charge in [-0.1, -0.05) is 11.6 Å². The highest BCUT2D eigenvalue weighted by molar-refractivity contribution is 6.31. The Kier molecular flexibility index (Phi) is 6.22. The summed E-state index contributed by atoms with van der Waals surface area (Å²) in [5.74, 6) is 1.27. The highest BCUT2D eigenvalue weighted by Crippen LogP contribution is 2.33. The van der Waals surface area contributed by atoms with Gasteiger partial charge in [-0.3, -0.25) is 9.59 Å². The van der Waals surface area contributed by atoms with Crippen LogP contribution in [0.4, 0.5) is 11.6 Å². The number of fused-ring (bicyclic) bond motifs is 1. The van der Waals surface area contributed by atoms with Crippen molar-refractivity contribution in [3.05, 3.63) is 47.3 Å². The standard InChI is InChI=1S/C21H22ClN5O4/c1-30-19-16(22)12-23-21(25-19)24-15-5-7-27(13-15)20(29)14-3-4-17-18(11-14)31-10-8-26(17)6-2-9-28/h2-4,6,9,11-12,15H,5,7-8,10,13H2,1H3,(H,23,24,25)/t15-/m0/s1. The average Bonchev–Trinajstić information content (AvgIpc) is 3.26. The van der Waals surface area contributed by atoms with Crippen molar-refractivity contribution in [3.8, 4) is 11.6 Å². The number of nitrogens with zero attached hydrogens (tertiary/aromatic N) is 4. The lowest BCUT2D eigenvalue weighted by molar-refractivity contribution is -0.104. The van der Waals surface area contributed by atoms with Crippen LogP contribution in [0.25, 0.3) is 0 Å². The number of hydrogen-bond acceptors (Lipinski definition) is 8. The molecule has 0 bridgehead atoms. The number of hydrogen-bond donors (Lipinski definition) is 1. The van der Waals surface area contributed by atoms with Gasteiger partial charge in [-0.2, -0.15) is 4.98 Å². The van der Waals surface area contributed by atoms with E-state index in [0.29, 0.717) is 54.4 Å². The van der Waals surface area contributed by atoms with E-state index >= 15 is 0 Å². The molecule has 1 atom stereocenters. The van der Waals surface area contributed by atoms with Crippen LogP contribution in [0.3, 0.4) is 0 Å². The molecule has 0 unspecified atom stereocenters. The Morgan fingerprint density at radius 2 is 2.26 bits per heavy atom. The van der Waals surface area contributed by atoms with Crippen LogP contribution < -0.4 is 19.7 Å². The first-order valence-corrected chi connectivity index (χ1v) is 10.2. The van der Waals surface area contributed by atoms with Gasteiger partial charge in [-0.05, 0) is 30.7 Å². The van der Waals surface area contributed by atoms with Gasteiger partial charge in [-0.15, -0.1) is 0 Å². The van der Waals surface area contributed by atoms with E-state index in [1.165, 1.54) is 19.4 Å². The number of amides is 1. The molecule has 3 heterocycles. The quantitative estimate of drug-likeness (QED) is 0.537. The lowest BCUT2D eigenvalue weighted by Crippen LogP contribution is -2.32. The first kappa shape index (κ1) is 20.9. The van der Waals surface area contributed by atoms with Crippen molar-refractivity contribution in [2.75, 3.05) is 43.6 Å². The molecule has 0 radical (unpaired) electrons. The summed E-state index contributed by atoms with van der Waals surface area (Å²) in [6, 6.07) is 5.40. The second kappa shape index (κ2) is 9.22. The van der Waals surface area contributed by atoms with Gasteiger partial charge in [0.25, 0.3) is 5.91 Å². The van der Waals surface area contributed by atoms with Crippen molar-refractivity contribution in [2.24, 2.45) is 0 Å². The zero-order valence-corrected chi connectivity index (χ0v) is 17.7. The minimum atomic E-state index is -0.0640. The Hall–Kier alpha value is -3.33. The number of rotatable bonds is 6. The molecule has 10 heteroatoms. The number of ether oxygens (including phenoxy) is 2. The summed E-state index contributed by atoms with van der Waals surface area (Å²) in [7, 11) is 1.49. The number of methoxy groups -OCH3 is 1. The van der Waals surface area contributed by atoms with Gasteiger partial charge in [0, 0.05) is 30.9 Å². The van der Waals surface area contributed by atoms with E-state index in [1.54, 1.807) is 23.2 Å². The molecule has 2 aromatic rings. The molecule has 1 fully saturated rings. The predicted octanol–water partition coefficient (Wildman–Crippen LogP) is 2.38. The summed E-state index contributed by atoms with van der Waals surface area (Å²) in [6.07, 6.45) is 6.13. The number of allylic oxidation sites excluding steroid dienone is 1. The molecule has 1 amide bonds. The summed E-state index contributed by atoms with van der Waals surface area (Å²) in [6.45, 7) is 2.27. The van der Waals surface area contributed by atoms with Crippen molar-refractivity contribution in [2.45, 2.75) is 12.5 Å². The normalized spacial score (nSPS) is 17.9. The maximum absolute atomic E-state index is 13.0. The maximum Gasteiger partial charge on any atom is 0.254 e. The second-order valence-corrected chi connectivity index (χ2v) is 7.54. The summed E-state index contributed by atoms with van der Waals surface area (Å²) >= 11 is 5.97. The number of aldehydes is 1. The van der Waals surface area contributed by atoms with Crippen LogP contribution in [0.1, 0.15) is 16.8 Å². The SMILES string of the molecule is COc1nc(N[C@H]2CCN(C(=O)c3ccc4c(c3)OCCN4C=CC=O)C2)ncc1Cl. The number of aromatic nitrogens is 2. The molecule has 162 valence electrons. The average molecular weight is 444 g/mol. The fraction of sp³-hybridized carbons (Fsp3) is 0.333. The zero-order valence-electron chi connectivity index (χ0n) is 17.0. The monoisotopic (exact) mass is 443 g/mol. The Morgan fingerprint density at radius 3 is 3.06 bits per heavy atom. The van der Waals surface area contributed by atoms with Crippen molar-refractivity contribution < 1.29 is 19.1 Å². The van der Waals surface area contributed by atoms with E-state index in [9.17, 15) is 9.59 Å². The Bertz CT molecular complexity index is 1020. The van der Waals surface area contributed by atoms with E-state index in [2.05, 4.69) is 15.3 Å². The molecular weight excluding hydrogens is 422 g/mol. The fourth-order valence-electron chi connectivity index (χ4n) is 3.66. The van der Waals surface area contributed by atoms with Gasteiger partial charge in [0.2, 0.25) is 11.8 Å². The van der Waals surface area contributed by atoms with E-state index in [1.807, 2.05) is 11.0 Å². The molecule has 1 aromatic carbocycles. The number of carbonyl (C=O) groups excluding carboxylic acids is 2. The molecule has 4 rings (SSSR count). The topological polar surface area (TPSA) is 96.9 Å². The first-order chi connectivity index (χ1) is 15.1. The summed E-state index contributed by atoms with van der Waals surface area (Å²) in [5.41, 5.74) is 1.39. The number of anilines is 2. The predicted molar refractivity (Wildman–Crippen MR) is 116 cm³/mol. The van der Waals surface area contributed by atoms with Gasteiger partial charge >= 0.3 is 0 Å². The number of carbonyl (C=O) groups is 2. The van der Waals surface area contributed by atoms with Crippen LogP contribution in [0, 0.1) is 0 Å². The van der Waals surface area contributed by atoms with Crippen LogP contribution >= 0.6 is 11.6 Å². The largest absolute Gasteiger partial charge is 0.490 e. The minimum absolute atomic E-state index is 0.0210. The van der Waals surface area contributed by atoms with E-state index in [-0.39, 0.29) is 11.9 Å². The molecule has 0 saturated carbocycles.